The van der Waals surface area contributed by atoms with Gasteiger partial charge >= 0.3 is 5.97 Å². The third kappa shape index (κ3) is 5.97. The van der Waals surface area contributed by atoms with Crippen molar-refractivity contribution in [3.8, 4) is 69.0 Å². The third-order valence-electron chi connectivity index (χ3n) is 9.39. The Labute approximate surface area is 304 Å². The number of hydrogen-bond donors (Lipinski definition) is 9. The number of benzene rings is 4. The smallest absolute Gasteiger partial charge is 0.338 e. The fraction of sp³-hybridized carbons (Fsp3) is 0.211. The van der Waals surface area contributed by atoms with E-state index in [4.69, 9.17) is 23.7 Å². The van der Waals surface area contributed by atoms with Crippen molar-refractivity contribution in [2.75, 3.05) is 14.2 Å². The average Bonchev–Trinajstić information content (AvgIpc) is 3.25. The first-order valence-electron chi connectivity index (χ1n) is 16.2. The standard InChI is InChI=1S/C38H32O16/c1-50-29-5-15(6-30(51-2)35(29)48)38(49)54-31-13-21-23(42)8-17(40)10-28(21)52-36(31)14-3-18-19(11-25(44)34(47)32(18)33(46)24(43)4-14)37-26(45)12-20-22(41)7-16(39)9-27(20)53-37/h3-11,26,31,36-37,39-42,44-45,47-48H,12-13H2,1-2H3,(H,43,46). The molecule has 16 nitrogen and oxygen atoms in total. The number of aromatic hydroxyl groups is 8. The van der Waals surface area contributed by atoms with Crippen molar-refractivity contribution in [2.24, 2.45) is 0 Å². The van der Waals surface area contributed by atoms with Gasteiger partial charge in [0, 0.05) is 59.4 Å². The molecule has 5 aromatic carbocycles. The number of hydrogen-bond acceptors (Lipinski definition) is 16. The minimum atomic E-state index is -1.43. The van der Waals surface area contributed by atoms with Gasteiger partial charge in [0.1, 0.15) is 40.6 Å². The highest BCUT2D eigenvalue weighted by molar-refractivity contribution is 5.98. The second-order valence-corrected chi connectivity index (χ2v) is 12.7. The summed E-state index contributed by atoms with van der Waals surface area (Å²) in [6.07, 6.45) is -6.02. The molecule has 0 radical (unpaired) electrons. The lowest BCUT2D eigenvalue weighted by Gasteiger charge is -2.34. The van der Waals surface area contributed by atoms with Gasteiger partial charge in [-0.1, -0.05) is 0 Å². The highest BCUT2D eigenvalue weighted by Crippen LogP contribution is 2.49. The van der Waals surface area contributed by atoms with Crippen molar-refractivity contribution < 1.29 is 74.4 Å². The maximum atomic E-state index is 13.7. The highest BCUT2D eigenvalue weighted by Gasteiger charge is 2.39. The maximum absolute atomic E-state index is 13.7. The number of fused-ring (bicyclic) bond motifs is 3. The van der Waals surface area contributed by atoms with Gasteiger partial charge in [-0.05, 0) is 35.7 Å². The Morgan fingerprint density at radius 2 is 1.24 bits per heavy atom. The SMILES string of the molecule is COc1cc(C(=O)OC2Cc3c(O)cc(O)cc3OC2c2cc(=O)c(O)c3c(O)c(O)cc(C4Oc5cc(O)cc(O)c5CC4O)c3c2)cc(OC)c1O. The average molecular weight is 745 g/mol. The molecule has 280 valence electrons. The summed E-state index contributed by atoms with van der Waals surface area (Å²) in [4.78, 5) is 27.2. The quantitative estimate of drug-likeness (QED) is 0.0884. The number of rotatable bonds is 6. The van der Waals surface area contributed by atoms with Crippen LogP contribution in [0, 0.1) is 0 Å². The second kappa shape index (κ2) is 13.2. The van der Waals surface area contributed by atoms with E-state index >= 15 is 0 Å². The summed E-state index contributed by atoms with van der Waals surface area (Å²) in [5.74, 6) is -5.81. The van der Waals surface area contributed by atoms with E-state index in [1.807, 2.05) is 0 Å². The molecule has 0 bridgehead atoms. The Bertz CT molecular complexity index is 2400. The molecule has 0 aliphatic carbocycles. The molecule has 2 heterocycles. The van der Waals surface area contributed by atoms with Crippen LogP contribution in [0.2, 0.25) is 0 Å². The van der Waals surface area contributed by atoms with Gasteiger partial charge in [0.25, 0.3) is 0 Å². The van der Waals surface area contributed by atoms with Crippen molar-refractivity contribution >= 4 is 16.7 Å². The lowest BCUT2D eigenvalue weighted by Crippen LogP contribution is -2.35. The molecule has 0 saturated heterocycles. The van der Waals surface area contributed by atoms with Crippen LogP contribution in [0.4, 0.5) is 0 Å². The first-order chi connectivity index (χ1) is 25.7. The summed E-state index contributed by atoms with van der Waals surface area (Å²) in [6.45, 7) is 0. The molecule has 2 aliphatic rings. The van der Waals surface area contributed by atoms with Crippen molar-refractivity contribution in [1.29, 1.82) is 0 Å². The third-order valence-corrected chi connectivity index (χ3v) is 9.39. The first-order valence-corrected chi connectivity index (χ1v) is 16.2. The van der Waals surface area contributed by atoms with Gasteiger partial charge in [0.15, 0.2) is 41.0 Å². The Balaban J connectivity index is 1.41. The number of aliphatic hydroxyl groups is 1. The van der Waals surface area contributed by atoms with E-state index < -0.39 is 64.2 Å². The van der Waals surface area contributed by atoms with Gasteiger partial charge in [-0.3, -0.25) is 4.79 Å². The largest absolute Gasteiger partial charge is 0.508 e. The molecule has 0 amide bonds. The summed E-state index contributed by atoms with van der Waals surface area (Å²) in [6, 6.07) is 10.2. The number of carbonyl (C=O) groups is 1. The van der Waals surface area contributed by atoms with Crippen LogP contribution in [0.5, 0.6) is 69.0 Å². The zero-order valence-corrected chi connectivity index (χ0v) is 28.3. The molecule has 0 aromatic heterocycles. The van der Waals surface area contributed by atoms with Crippen LogP contribution in [0.25, 0.3) is 10.8 Å². The van der Waals surface area contributed by atoms with Crippen LogP contribution in [0.3, 0.4) is 0 Å². The van der Waals surface area contributed by atoms with Crippen molar-refractivity contribution in [3.63, 3.8) is 0 Å². The number of esters is 1. The van der Waals surface area contributed by atoms with Crippen LogP contribution in [0.1, 0.15) is 44.8 Å². The first kappa shape index (κ1) is 35.5. The minimum Gasteiger partial charge on any atom is -0.508 e. The summed E-state index contributed by atoms with van der Waals surface area (Å²) in [5, 5.41) is 95.3. The number of phenolic OH excluding ortho intramolecular Hbond substituents is 7. The van der Waals surface area contributed by atoms with E-state index in [2.05, 4.69) is 0 Å². The van der Waals surface area contributed by atoms with E-state index in [1.54, 1.807) is 0 Å². The topological polar surface area (TPSA) is 262 Å². The lowest BCUT2D eigenvalue weighted by atomic mass is 9.90. The van der Waals surface area contributed by atoms with Crippen molar-refractivity contribution in [1.82, 2.24) is 0 Å². The predicted molar refractivity (Wildman–Crippen MR) is 185 cm³/mol. The Kier molecular flexibility index (Phi) is 8.69. The molecule has 4 unspecified atom stereocenters. The minimum absolute atomic E-state index is 0.0147. The molecule has 2 aliphatic heterocycles. The molecular weight excluding hydrogens is 712 g/mol. The number of methoxy groups -OCH3 is 2. The zero-order chi connectivity index (χ0) is 38.7. The van der Waals surface area contributed by atoms with Gasteiger partial charge in [-0.2, -0.15) is 0 Å². The molecule has 0 saturated carbocycles. The van der Waals surface area contributed by atoms with Crippen LogP contribution < -0.4 is 24.4 Å². The molecule has 7 rings (SSSR count). The molecule has 0 fully saturated rings. The molecule has 54 heavy (non-hydrogen) atoms. The van der Waals surface area contributed by atoms with Gasteiger partial charge < -0.3 is 69.6 Å². The van der Waals surface area contributed by atoms with Crippen LogP contribution in [0.15, 0.2) is 59.4 Å². The zero-order valence-electron chi connectivity index (χ0n) is 28.3. The normalized spacial score (nSPS) is 18.8. The fourth-order valence-corrected chi connectivity index (χ4v) is 6.82. The fourth-order valence-electron chi connectivity index (χ4n) is 6.82. The summed E-state index contributed by atoms with van der Waals surface area (Å²) in [7, 11) is 2.52. The molecule has 0 spiro atoms. The lowest BCUT2D eigenvalue weighted by molar-refractivity contribution is -0.0188. The van der Waals surface area contributed by atoms with Gasteiger partial charge in [-0.15, -0.1) is 0 Å². The van der Waals surface area contributed by atoms with Crippen molar-refractivity contribution in [3.05, 3.63) is 92.6 Å². The number of carbonyl (C=O) groups excluding carboxylic acids is 1. The summed E-state index contributed by atoms with van der Waals surface area (Å²) >= 11 is 0. The van der Waals surface area contributed by atoms with Gasteiger partial charge in [0.05, 0.1) is 31.3 Å². The number of aliphatic hydroxyl groups excluding tert-OH is 1. The molecule has 16 heteroatoms. The van der Waals surface area contributed by atoms with E-state index in [0.29, 0.717) is 0 Å². The van der Waals surface area contributed by atoms with E-state index in [-0.39, 0.29) is 92.0 Å². The second-order valence-electron chi connectivity index (χ2n) is 12.7. The Morgan fingerprint density at radius 1 is 0.667 bits per heavy atom. The van der Waals surface area contributed by atoms with E-state index in [1.165, 1.54) is 44.6 Å². The molecular formula is C38H32O16. The molecule has 9 N–H and O–H groups in total. The summed E-state index contributed by atoms with van der Waals surface area (Å²) < 4.78 is 28.4. The van der Waals surface area contributed by atoms with Crippen molar-refractivity contribution in [2.45, 2.75) is 37.3 Å². The van der Waals surface area contributed by atoms with Crippen LogP contribution >= 0.6 is 0 Å². The van der Waals surface area contributed by atoms with E-state index in [9.17, 15) is 55.5 Å². The van der Waals surface area contributed by atoms with Gasteiger partial charge in [0.2, 0.25) is 11.2 Å². The molecule has 4 atom stereocenters. The Hall–Kier alpha value is -6.94. The summed E-state index contributed by atoms with van der Waals surface area (Å²) in [5.41, 5.74) is -1.04. The predicted octanol–water partition coefficient (Wildman–Crippen LogP) is 3.80. The van der Waals surface area contributed by atoms with Crippen LogP contribution in [-0.4, -0.2) is 78.4 Å². The molecule has 5 aromatic rings. The van der Waals surface area contributed by atoms with Crippen LogP contribution in [-0.2, 0) is 17.6 Å². The monoisotopic (exact) mass is 744 g/mol. The maximum Gasteiger partial charge on any atom is 0.338 e. The number of phenols is 7. The highest BCUT2D eigenvalue weighted by atomic mass is 16.6. The number of ether oxygens (including phenoxy) is 5. The van der Waals surface area contributed by atoms with Gasteiger partial charge in [-0.25, -0.2) is 4.79 Å². The van der Waals surface area contributed by atoms with E-state index in [0.717, 1.165) is 24.3 Å². The Morgan fingerprint density at radius 3 is 1.83 bits per heavy atom.